The van der Waals surface area contributed by atoms with Gasteiger partial charge in [-0.15, -0.1) is 0 Å². The zero-order valence-electron chi connectivity index (χ0n) is 20.4. The van der Waals surface area contributed by atoms with Crippen LogP contribution >= 0.6 is 0 Å². The van der Waals surface area contributed by atoms with E-state index < -0.39 is 0 Å². The van der Waals surface area contributed by atoms with Crippen molar-refractivity contribution in [3.05, 3.63) is 78.8 Å². The molecule has 0 N–H and O–H groups in total. The lowest BCUT2D eigenvalue weighted by Gasteiger charge is -2.27. The number of fused-ring (bicyclic) bond motifs is 2. The van der Waals surface area contributed by atoms with Gasteiger partial charge in [0.1, 0.15) is 11.5 Å². The van der Waals surface area contributed by atoms with E-state index in [2.05, 4.69) is 29.1 Å². The molecule has 0 bridgehead atoms. The van der Waals surface area contributed by atoms with Gasteiger partial charge in [-0.05, 0) is 69.4 Å². The van der Waals surface area contributed by atoms with Crippen molar-refractivity contribution in [3.8, 4) is 22.8 Å². The van der Waals surface area contributed by atoms with Crippen LogP contribution in [0, 0.1) is 0 Å². The Kier molecular flexibility index (Phi) is 6.73. The van der Waals surface area contributed by atoms with Crippen LogP contribution in [0.3, 0.4) is 0 Å². The van der Waals surface area contributed by atoms with Crippen LogP contribution in [0.15, 0.2) is 81.9 Å². The van der Waals surface area contributed by atoms with Crippen molar-refractivity contribution in [1.82, 2.24) is 9.88 Å². The van der Waals surface area contributed by atoms with Gasteiger partial charge >= 0.3 is 0 Å². The van der Waals surface area contributed by atoms with Crippen LogP contribution in [0.25, 0.3) is 33.3 Å². The summed E-state index contributed by atoms with van der Waals surface area (Å²) >= 11 is 0. The average molecular weight is 471 g/mol. The summed E-state index contributed by atoms with van der Waals surface area (Å²) in [5.74, 6) is 4.07. The average Bonchev–Trinajstić information content (AvgIpc) is 3.54. The second-order valence-corrected chi connectivity index (χ2v) is 8.83. The molecule has 6 heteroatoms. The van der Waals surface area contributed by atoms with Gasteiger partial charge in [-0.1, -0.05) is 24.3 Å². The number of methoxy groups -OCH3 is 2. The number of hydrogen-bond acceptors (Lipinski definition) is 6. The van der Waals surface area contributed by atoms with Gasteiger partial charge in [0.15, 0.2) is 22.7 Å². The highest BCUT2D eigenvalue weighted by molar-refractivity contribution is 5.87. The Morgan fingerprint density at radius 2 is 1.40 bits per heavy atom. The summed E-state index contributed by atoms with van der Waals surface area (Å²) in [4.78, 5) is 6.37. The monoisotopic (exact) mass is 470 g/mol. The maximum absolute atomic E-state index is 6.02. The minimum absolute atomic E-state index is 0.554. The lowest BCUT2D eigenvalue weighted by Crippen LogP contribution is -2.29. The molecule has 0 amide bonds. The van der Waals surface area contributed by atoms with E-state index in [9.17, 15) is 0 Å². The van der Waals surface area contributed by atoms with Crippen molar-refractivity contribution in [1.29, 1.82) is 0 Å². The van der Waals surface area contributed by atoms with Crippen molar-refractivity contribution in [2.75, 3.05) is 34.4 Å². The number of likely N-dealkylation sites (tertiary alicyclic amines) is 1. The Balaban J connectivity index is 0.000000145. The Labute approximate surface area is 205 Å². The molecule has 0 radical (unpaired) electrons. The van der Waals surface area contributed by atoms with Gasteiger partial charge in [-0.2, -0.15) is 0 Å². The number of benzene rings is 2. The van der Waals surface area contributed by atoms with Crippen LogP contribution in [0.5, 0.6) is 11.5 Å². The molecule has 3 aromatic heterocycles. The zero-order chi connectivity index (χ0) is 24.2. The minimum atomic E-state index is 0.554. The number of ether oxygens (including phenoxy) is 2. The van der Waals surface area contributed by atoms with E-state index in [1.165, 1.54) is 12.8 Å². The van der Waals surface area contributed by atoms with Gasteiger partial charge in [0.05, 0.1) is 14.2 Å². The molecule has 0 atom stereocenters. The fourth-order valence-corrected chi connectivity index (χ4v) is 4.57. The largest absolute Gasteiger partial charge is 0.493 e. The lowest BCUT2D eigenvalue weighted by atomic mass is 9.94. The van der Waals surface area contributed by atoms with Crippen LogP contribution in [-0.4, -0.2) is 44.2 Å². The molecular formula is C29H30N2O4. The molecule has 0 unspecified atom stereocenters. The summed E-state index contributed by atoms with van der Waals surface area (Å²) < 4.78 is 22.5. The van der Waals surface area contributed by atoms with Crippen LogP contribution in [0.1, 0.15) is 24.5 Å². The Morgan fingerprint density at radius 3 is 2.03 bits per heavy atom. The maximum Gasteiger partial charge on any atom is 0.176 e. The molecule has 6 nitrogen and oxygen atoms in total. The topological polar surface area (TPSA) is 60.9 Å². The number of nitrogens with zero attached hydrogens (tertiary/aromatic N) is 2. The second kappa shape index (κ2) is 10.2. The van der Waals surface area contributed by atoms with Crippen molar-refractivity contribution < 1.29 is 18.3 Å². The first-order valence-electron chi connectivity index (χ1n) is 11.9. The molecule has 1 saturated heterocycles. The third-order valence-corrected chi connectivity index (χ3v) is 6.56. The molecule has 1 aliphatic heterocycles. The number of furan rings is 2. The summed E-state index contributed by atoms with van der Waals surface area (Å²) in [5.41, 5.74) is 2.67. The van der Waals surface area contributed by atoms with Gasteiger partial charge in [-0.25, -0.2) is 0 Å². The molecule has 1 aliphatic rings. The summed E-state index contributed by atoms with van der Waals surface area (Å²) in [5, 5.41) is 2.18. The molecule has 0 aliphatic carbocycles. The van der Waals surface area contributed by atoms with E-state index in [0.29, 0.717) is 5.92 Å². The highest BCUT2D eigenvalue weighted by Gasteiger charge is 2.22. The Hall–Kier alpha value is -3.77. The van der Waals surface area contributed by atoms with E-state index in [1.807, 2.05) is 48.5 Å². The quantitative estimate of drug-likeness (QED) is 0.289. The van der Waals surface area contributed by atoms with E-state index in [4.69, 9.17) is 18.3 Å². The van der Waals surface area contributed by atoms with Crippen LogP contribution < -0.4 is 9.47 Å². The second-order valence-electron chi connectivity index (χ2n) is 8.83. The number of hydrogen-bond donors (Lipinski definition) is 0. The molecule has 4 heterocycles. The van der Waals surface area contributed by atoms with Gasteiger partial charge < -0.3 is 23.2 Å². The summed E-state index contributed by atoms with van der Waals surface area (Å²) in [6.45, 7) is 2.30. The molecule has 180 valence electrons. The maximum atomic E-state index is 6.02. The first-order chi connectivity index (χ1) is 17.2. The van der Waals surface area contributed by atoms with Gasteiger partial charge in [0.2, 0.25) is 0 Å². The highest BCUT2D eigenvalue weighted by atomic mass is 16.5. The molecular weight excluding hydrogens is 440 g/mol. The van der Waals surface area contributed by atoms with Crippen LogP contribution in [0.2, 0.25) is 0 Å². The molecule has 2 aromatic carbocycles. The van der Waals surface area contributed by atoms with Crippen LogP contribution in [0.4, 0.5) is 0 Å². The van der Waals surface area contributed by atoms with Gasteiger partial charge in [0, 0.05) is 34.6 Å². The fraction of sp³-hybridized carbons (Fsp3) is 0.276. The predicted octanol–water partition coefficient (Wildman–Crippen LogP) is 6.75. The number of aromatic nitrogens is 1. The standard InChI is InChI=1S/C15H19NO2.C14H11NO2/c1-16-8-6-11(7-9-16)14-10-12-4-3-5-13(17-2)15(12)18-14;1-16-12-4-2-3-11-9-13(17-14(11)12)10-5-7-15-8-6-10/h3-5,10-11H,6-9H2,1-2H3;2-9H,1H3. The third kappa shape index (κ3) is 4.88. The zero-order valence-corrected chi connectivity index (χ0v) is 20.4. The number of para-hydroxylation sites is 2. The van der Waals surface area contributed by atoms with Crippen molar-refractivity contribution >= 4 is 21.9 Å². The predicted molar refractivity (Wildman–Crippen MR) is 138 cm³/mol. The Morgan fingerprint density at radius 1 is 0.800 bits per heavy atom. The lowest BCUT2D eigenvalue weighted by molar-refractivity contribution is 0.242. The summed E-state index contributed by atoms with van der Waals surface area (Å²) in [7, 11) is 5.51. The first-order valence-corrected chi connectivity index (χ1v) is 11.9. The fourth-order valence-electron chi connectivity index (χ4n) is 4.57. The van der Waals surface area contributed by atoms with Crippen molar-refractivity contribution in [3.63, 3.8) is 0 Å². The smallest absolute Gasteiger partial charge is 0.176 e. The van der Waals surface area contributed by atoms with E-state index in [1.54, 1.807) is 26.6 Å². The van der Waals surface area contributed by atoms with E-state index >= 15 is 0 Å². The third-order valence-electron chi connectivity index (χ3n) is 6.56. The summed E-state index contributed by atoms with van der Waals surface area (Å²) in [6.07, 6.45) is 5.86. The van der Waals surface area contributed by atoms with Crippen molar-refractivity contribution in [2.24, 2.45) is 0 Å². The molecule has 6 rings (SSSR count). The molecule has 0 spiro atoms. The van der Waals surface area contributed by atoms with Gasteiger partial charge in [-0.3, -0.25) is 4.98 Å². The number of piperidine rings is 1. The van der Waals surface area contributed by atoms with E-state index in [-0.39, 0.29) is 0 Å². The number of pyridine rings is 1. The molecule has 1 fully saturated rings. The molecule has 0 saturated carbocycles. The minimum Gasteiger partial charge on any atom is -0.493 e. The molecule has 35 heavy (non-hydrogen) atoms. The van der Waals surface area contributed by atoms with Gasteiger partial charge in [0.25, 0.3) is 0 Å². The Bertz CT molecular complexity index is 1400. The van der Waals surface area contributed by atoms with Crippen molar-refractivity contribution in [2.45, 2.75) is 18.8 Å². The summed E-state index contributed by atoms with van der Waals surface area (Å²) in [6, 6.07) is 19.9. The molecule has 5 aromatic rings. The van der Waals surface area contributed by atoms with E-state index in [0.717, 1.165) is 63.6 Å². The highest BCUT2D eigenvalue weighted by Crippen LogP contribution is 2.35. The van der Waals surface area contributed by atoms with Crippen LogP contribution in [-0.2, 0) is 0 Å². The normalized spacial score (nSPS) is 14.6. The first kappa shape index (κ1) is 23.0. The SMILES string of the molecule is COc1cccc2cc(-c3ccncc3)oc12.COc1cccc2cc(C3CCN(C)CC3)oc12. The number of rotatable bonds is 4.